The van der Waals surface area contributed by atoms with Gasteiger partial charge in [-0.2, -0.15) is 0 Å². The van der Waals surface area contributed by atoms with Crippen molar-refractivity contribution in [3.05, 3.63) is 147 Å². The summed E-state index contributed by atoms with van der Waals surface area (Å²) in [5, 5.41) is 38.7. The Kier molecular flexibility index (Phi) is 23.4. The van der Waals surface area contributed by atoms with Gasteiger partial charge in [-0.25, -0.2) is 9.59 Å². The molecular weight excluding hydrogens is 1240 g/mol. The third-order valence-electron chi connectivity index (χ3n) is 20.4. The maximum absolute atomic E-state index is 15.5. The number of rotatable bonds is 29. The minimum atomic E-state index is -2.10. The van der Waals surface area contributed by atoms with E-state index in [4.69, 9.17) is 25.7 Å². The molecular formula is C72H88N6O16S. The number of primary amides is 2. The second kappa shape index (κ2) is 30.8. The van der Waals surface area contributed by atoms with Crippen LogP contribution in [0.2, 0.25) is 0 Å². The molecule has 4 aromatic rings. The van der Waals surface area contributed by atoms with Crippen LogP contribution in [-0.4, -0.2) is 124 Å². The van der Waals surface area contributed by atoms with Crippen LogP contribution in [0.3, 0.4) is 0 Å². The minimum Gasteiger partial charge on any atom is -0.455 e. The van der Waals surface area contributed by atoms with Crippen LogP contribution in [-0.2, 0) is 57.4 Å². The number of hydrogen-bond acceptors (Lipinski definition) is 17. The smallest absolute Gasteiger partial charge is 0.350 e. The molecule has 3 aromatic carbocycles. The molecule has 0 spiro atoms. The van der Waals surface area contributed by atoms with Crippen molar-refractivity contribution < 1.29 is 77.2 Å². The van der Waals surface area contributed by atoms with Crippen LogP contribution < -0.4 is 32.7 Å². The Morgan fingerprint density at radius 1 is 0.768 bits per heavy atom. The van der Waals surface area contributed by atoms with Crippen molar-refractivity contribution in [3.63, 3.8) is 0 Å². The van der Waals surface area contributed by atoms with Crippen LogP contribution in [0.5, 0.6) is 0 Å². The molecule has 14 atom stereocenters. The number of thiophene rings is 1. The van der Waals surface area contributed by atoms with E-state index in [0.29, 0.717) is 36.0 Å². The summed E-state index contributed by atoms with van der Waals surface area (Å²) in [6.45, 7) is 12.2. The molecule has 2 unspecified atom stereocenters. The molecule has 508 valence electrons. The topological polar surface area (TPSA) is 356 Å². The van der Waals surface area contributed by atoms with Gasteiger partial charge in [0.2, 0.25) is 35.6 Å². The van der Waals surface area contributed by atoms with Gasteiger partial charge in [-0.05, 0) is 136 Å². The monoisotopic (exact) mass is 1320 g/mol. The highest BCUT2D eigenvalue weighted by molar-refractivity contribution is 7.10. The molecule has 8 rings (SSSR count). The summed E-state index contributed by atoms with van der Waals surface area (Å²) in [5.41, 5.74) is 7.08. The van der Waals surface area contributed by atoms with E-state index in [2.05, 4.69) is 21.3 Å². The molecule has 0 radical (unpaired) electrons. The summed E-state index contributed by atoms with van der Waals surface area (Å²) in [7, 11) is 0. The number of aliphatic hydroxyl groups is 2. The predicted octanol–water partition coefficient (Wildman–Crippen LogP) is 6.86. The first-order chi connectivity index (χ1) is 45.0. The lowest BCUT2D eigenvalue weighted by atomic mass is 9.37. The lowest BCUT2D eigenvalue weighted by Gasteiger charge is -2.68. The Bertz CT molecular complexity index is 3560. The van der Waals surface area contributed by atoms with Crippen LogP contribution in [0.1, 0.15) is 163 Å². The zero-order valence-corrected chi connectivity index (χ0v) is 55.6. The van der Waals surface area contributed by atoms with E-state index in [1.807, 2.05) is 24.4 Å². The summed E-state index contributed by atoms with van der Waals surface area (Å²) in [6.07, 6.45) is -2.81. The molecule has 10 N–H and O–H groups in total. The van der Waals surface area contributed by atoms with Gasteiger partial charge in [-0.3, -0.25) is 43.2 Å². The van der Waals surface area contributed by atoms with Gasteiger partial charge >= 0.3 is 17.9 Å². The number of aliphatic hydroxyl groups excluding tert-OH is 1. The maximum Gasteiger partial charge on any atom is 0.350 e. The first-order valence-corrected chi connectivity index (χ1v) is 33.3. The standard InChI is InChI=1S/C72H88N6O16S/c1-41-52(40-72(91)63(94-67(89)46-24-15-10-16-25-46)61-70(6)35-34-48(70)39-53(80)71(61,7)62(85)42(2)58(41)69(72,4)5)92-68(90)60(59(44-20-11-8-12-21-44)78-66(88)45-22-13-9-14-23-45)93-57(84)33-32-54(81)75-36-18-17-27-50(65(74)87)77-56(83)30-28-47(64(73)86)38-51(79)43(3)76-55(82)31-29-49-26-19-37-95-49/h8-16,19-26,29,31,37,42-43,47-48,50,52-53,59-61,63,80,91H,17-18,27-28,30,32-36,38-40H2,1-7H3,(H2,73,86)(H2,74,87)(H,75,81)(H,76,82)(H,77,83)(H,78,88)/b31-29+/t42-,43?,47-,48-,50?,52+,53+,59+,60-,61-,63+,70-,71-,72-/m1/s1. The second-order valence-electron chi connectivity index (χ2n) is 26.7. The van der Waals surface area contributed by atoms with Gasteiger partial charge in [0.25, 0.3) is 5.91 Å². The van der Waals surface area contributed by atoms with Crippen molar-refractivity contribution in [2.45, 2.75) is 174 Å². The average molecular weight is 1330 g/mol. The van der Waals surface area contributed by atoms with Crippen LogP contribution in [0.25, 0.3) is 6.08 Å². The molecule has 3 fully saturated rings. The first-order valence-electron chi connectivity index (χ1n) is 32.4. The Morgan fingerprint density at radius 3 is 2.03 bits per heavy atom. The van der Waals surface area contributed by atoms with E-state index in [1.165, 1.54) is 24.3 Å². The lowest BCUT2D eigenvalue weighted by Crippen LogP contribution is -2.74. The molecule has 4 aliphatic carbocycles. The van der Waals surface area contributed by atoms with Crippen molar-refractivity contribution in [2.75, 3.05) is 6.54 Å². The fourth-order valence-electron chi connectivity index (χ4n) is 14.8. The number of hydrogen-bond donors (Lipinski definition) is 8. The number of benzene rings is 3. The number of unbranched alkanes of at least 4 members (excludes halogenated alkanes) is 1. The SMILES string of the molecule is CC1=C2[C@@H](C)C(=O)[C@@]3(C)[C@H]([C@H](OC(=O)c4ccccc4)[C@](O)(C[C@@H]1OC(=O)[C@H](OC(=O)CCC(=O)NCCCCC(NC(=O)CC[C@H](CC(=O)C(C)NC(=O)/C=C/c1cccs1)C(N)=O)C(N)=O)[C@@H](NC(=O)c1ccccc1)c1ccccc1)C2(C)C)[C@]1(C)CC[C@@H]1C[C@@H]3O. The molecule has 0 aliphatic heterocycles. The van der Waals surface area contributed by atoms with Crippen molar-refractivity contribution in [1.29, 1.82) is 0 Å². The lowest BCUT2D eigenvalue weighted by molar-refractivity contribution is -0.265. The number of nitrogens with one attached hydrogen (secondary N) is 4. The zero-order valence-electron chi connectivity index (χ0n) is 54.8. The number of amides is 6. The first kappa shape index (κ1) is 72.2. The van der Waals surface area contributed by atoms with Crippen LogP contribution >= 0.6 is 11.3 Å². The van der Waals surface area contributed by atoms with E-state index in [-0.39, 0.29) is 67.9 Å². The Balaban J connectivity index is 0.945. The fraction of sp³-hybridized carbons (Fsp3) is 0.486. The van der Waals surface area contributed by atoms with Gasteiger partial charge in [0.05, 0.1) is 29.5 Å². The number of esters is 3. The summed E-state index contributed by atoms with van der Waals surface area (Å²) in [4.78, 5) is 151. The quantitative estimate of drug-likeness (QED) is 0.00904. The van der Waals surface area contributed by atoms with Crippen LogP contribution in [0, 0.1) is 39.9 Å². The van der Waals surface area contributed by atoms with E-state index in [9.17, 15) is 53.4 Å². The summed E-state index contributed by atoms with van der Waals surface area (Å²) >= 11 is 1.43. The van der Waals surface area contributed by atoms with E-state index in [1.54, 1.807) is 132 Å². The van der Waals surface area contributed by atoms with E-state index < -0.39 is 154 Å². The zero-order chi connectivity index (χ0) is 69.2. The highest BCUT2D eigenvalue weighted by atomic mass is 32.1. The Hall–Kier alpha value is -8.67. The average Bonchev–Trinajstić information content (AvgIpc) is 0.726. The van der Waals surface area contributed by atoms with Gasteiger partial charge in [0, 0.05) is 71.9 Å². The van der Waals surface area contributed by atoms with Gasteiger partial charge in [0.15, 0.2) is 5.78 Å². The molecule has 0 saturated heterocycles. The number of fused-ring (bicyclic) bond motifs is 5. The van der Waals surface area contributed by atoms with Gasteiger partial charge in [0.1, 0.15) is 35.7 Å². The van der Waals surface area contributed by atoms with E-state index >= 15 is 9.59 Å². The van der Waals surface area contributed by atoms with Crippen LogP contribution in [0.15, 0.2) is 126 Å². The molecule has 3 saturated carbocycles. The van der Waals surface area contributed by atoms with Crippen molar-refractivity contribution in [2.24, 2.45) is 51.4 Å². The number of ketones is 2. The minimum absolute atomic E-state index is 0.0674. The normalized spacial score (nSPS) is 25.8. The third kappa shape index (κ3) is 16.2. The highest BCUT2D eigenvalue weighted by Gasteiger charge is 2.74. The van der Waals surface area contributed by atoms with Gasteiger partial charge < -0.3 is 57.2 Å². The molecule has 22 nitrogen and oxygen atoms in total. The molecule has 2 bridgehead atoms. The van der Waals surface area contributed by atoms with Crippen molar-refractivity contribution in [3.8, 4) is 0 Å². The van der Waals surface area contributed by atoms with E-state index in [0.717, 1.165) is 11.3 Å². The summed E-state index contributed by atoms with van der Waals surface area (Å²) < 4.78 is 19.2. The number of carbonyl (C=O) groups excluding carboxylic acids is 11. The van der Waals surface area contributed by atoms with Gasteiger partial charge in [-0.1, -0.05) is 100 Å². The number of Topliss-reactive ketones (excluding diaryl/α,β-unsaturated/α-hetero) is 2. The van der Waals surface area contributed by atoms with Gasteiger partial charge in [-0.15, -0.1) is 11.3 Å². The third-order valence-corrected chi connectivity index (χ3v) is 21.3. The fourth-order valence-corrected chi connectivity index (χ4v) is 15.5. The number of ether oxygens (including phenoxy) is 3. The Morgan fingerprint density at radius 2 is 1.42 bits per heavy atom. The summed E-state index contributed by atoms with van der Waals surface area (Å²) in [5.74, 6) is -10.8. The molecule has 23 heteroatoms. The molecule has 4 aliphatic rings. The second-order valence-corrected chi connectivity index (χ2v) is 27.7. The van der Waals surface area contributed by atoms with Crippen molar-refractivity contribution >= 4 is 82.3 Å². The number of nitrogens with two attached hydrogens (primary N) is 2. The molecule has 1 heterocycles. The summed E-state index contributed by atoms with van der Waals surface area (Å²) in [6, 6.07) is 24.8. The van der Waals surface area contributed by atoms with Crippen molar-refractivity contribution in [1.82, 2.24) is 21.3 Å². The largest absolute Gasteiger partial charge is 0.455 e. The highest BCUT2D eigenvalue weighted by Crippen LogP contribution is 2.70. The maximum atomic E-state index is 15.5. The molecule has 6 amide bonds. The predicted molar refractivity (Wildman–Crippen MR) is 351 cm³/mol. The molecule has 95 heavy (non-hydrogen) atoms. The Labute approximate surface area is 557 Å². The van der Waals surface area contributed by atoms with Crippen LogP contribution in [0.4, 0.5) is 0 Å². The molecule has 1 aromatic heterocycles. The number of carbonyl (C=O) groups is 11.